The van der Waals surface area contributed by atoms with Crippen LogP contribution in [-0.4, -0.2) is 16.5 Å². The number of carbonyl (C=O) groups excluding carboxylic acids is 1. The van der Waals surface area contributed by atoms with Gasteiger partial charge in [-0.1, -0.05) is 28.1 Å². The minimum absolute atomic E-state index is 0.0638. The van der Waals surface area contributed by atoms with Gasteiger partial charge in [0, 0.05) is 22.2 Å². The fraction of sp³-hybridized carbons (Fsp3) is 0.0667. The molecule has 2 aromatic rings. The predicted molar refractivity (Wildman–Crippen MR) is 86.9 cm³/mol. The monoisotopic (exact) mass is 361 g/mol. The number of hydrazone groups is 1. The zero-order chi connectivity index (χ0) is 16.1. The summed E-state index contributed by atoms with van der Waals surface area (Å²) >= 11 is 3.35. The van der Waals surface area contributed by atoms with Crippen LogP contribution >= 0.6 is 15.9 Å². The summed E-state index contributed by atoms with van der Waals surface area (Å²) in [6.07, 6.45) is 0. The van der Waals surface area contributed by atoms with Crippen LogP contribution in [0, 0.1) is 10.1 Å². The molecule has 22 heavy (non-hydrogen) atoms. The van der Waals surface area contributed by atoms with E-state index in [1.54, 1.807) is 6.92 Å². The number of hydrogen-bond acceptors (Lipinski definition) is 4. The molecule has 7 heteroatoms. The molecule has 0 fully saturated rings. The molecular formula is C15H12BrN3O3. The summed E-state index contributed by atoms with van der Waals surface area (Å²) in [4.78, 5) is 22.0. The van der Waals surface area contributed by atoms with Crippen LogP contribution in [0.25, 0.3) is 0 Å². The first-order valence-electron chi connectivity index (χ1n) is 6.32. The Morgan fingerprint density at radius 2 is 1.64 bits per heavy atom. The lowest BCUT2D eigenvalue weighted by atomic mass is 10.1. The van der Waals surface area contributed by atoms with Gasteiger partial charge in [-0.15, -0.1) is 0 Å². The maximum Gasteiger partial charge on any atom is 0.271 e. The third kappa shape index (κ3) is 3.98. The van der Waals surface area contributed by atoms with Crippen LogP contribution in [0.2, 0.25) is 0 Å². The van der Waals surface area contributed by atoms with Gasteiger partial charge in [-0.05, 0) is 36.8 Å². The lowest BCUT2D eigenvalue weighted by Gasteiger charge is -2.03. The molecule has 2 aromatic carbocycles. The van der Waals surface area contributed by atoms with Crippen LogP contribution in [0.5, 0.6) is 0 Å². The largest absolute Gasteiger partial charge is 0.271 e. The number of non-ortho nitro benzene ring substituents is 1. The second-order valence-corrected chi connectivity index (χ2v) is 5.36. The van der Waals surface area contributed by atoms with Crippen molar-refractivity contribution in [2.75, 3.05) is 0 Å². The highest BCUT2D eigenvalue weighted by atomic mass is 79.9. The summed E-state index contributed by atoms with van der Waals surface area (Å²) < 4.78 is 0.957. The summed E-state index contributed by atoms with van der Waals surface area (Å²) in [5.41, 5.74) is 4.20. The lowest BCUT2D eigenvalue weighted by Crippen LogP contribution is -2.19. The highest BCUT2D eigenvalue weighted by Crippen LogP contribution is 2.12. The van der Waals surface area contributed by atoms with Gasteiger partial charge in [0.2, 0.25) is 0 Å². The smallest absolute Gasteiger partial charge is 0.267 e. The van der Waals surface area contributed by atoms with Crippen LogP contribution in [0.4, 0.5) is 5.69 Å². The number of nitrogens with one attached hydrogen (secondary N) is 1. The van der Waals surface area contributed by atoms with Crippen molar-refractivity contribution >= 4 is 33.2 Å². The van der Waals surface area contributed by atoms with Gasteiger partial charge in [0.15, 0.2) is 0 Å². The Labute approximate surface area is 135 Å². The van der Waals surface area contributed by atoms with Crippen LogP contribution in [0.1, 0.15) is 22.8 Å². The third-order valence-electron chi connectivity index (χ3n) is 2.93. The van der Waals surface area contributed by atoms with Crippen LogP contribution in [0.3, 0.4) is 0 Å². The molecule has 1 N–H and O–H groups in total. The predicted octanol–water partition coefficient (Wildman–Crippen LogP) is 3.51. The number of nitrogens with zero attached hydrogens (tertiary/aromatic N) is 2. The summed E-state index contributed by atoms with van der Waals surface area (Å²) in [6.45, 7) is 1.78. The van der Waals surface area contributed by atoms with E-state index >= 15 is 0 Å². The molecule has 0 atom stereocenters. The molecule has 6 nitrogen and oxygen atoms in total. The number of nitro groups is 1. The van der Waals surface area contributed by atoms with Crippen molar-refractivity contribution in [2.24, 2.45) is 5.10 Å². The van der Waals surface area contributed by atoms with Crippen molar-refractivity contribution in [3.05, 3.63) is 74.2 Å². The van der Waals surface area contributed by atoms with Crippen LogP contribution in [0.15, 0.2) is 58.1 Å². The van der Waals surface area contributed by atoms with E-state index in [1.807, 2.05) is 24.3 Å². The minimum atomic E-state index is -0.516. The van der Waals surface area contributed by atoms with E-state index in [0.717, 1.165) is 10.0 Å². The summed E-state index contributed by atoms with van der Waals surface area (Å²) in [6, 6.07) is 12.8. The van der Waals surface area contributed by atoms with Crippen molar-refractivity contribution in [3.8, 4) is 0 Å². The average molecular weight is 362 g/mol. The molecule has 0 aliphatic heterocycles. The zero-order valence-electron chi connectivity index (χ0n) is 11.6. The standard InChI is InChI=1S/C15H12BrN3O3/c1-10(11-2-6-13(16)7-3-11)17-18-15(20)12-4-8-14(9-5-12)19(21)22/h2-9H,1H3,(H,18,20)/b17-10-. The normalized spacial score (nSPS) is 11.1. The van der Waals surface area contributed by atoms with Gasteiger partial charge in [-0.25, -0.2) is 5.43 Å². The van der Waals surface area contributed by atoms with Gasteiger partial charge in [0.1, 0.15) is 0 Å². The maximum absolute atomic E-state index is 11.9. The summed E-state index contributed by atoms with van der Waals surface area (Å²) in [5, 5.41) is 14.6. The molecule has 0 bridgehead atoms. The number of benzene rings is 2. The molecular weight excluding hydrogens is 350 g/mol. The van der Waals surface area contributed by atoms with E-state index in [-0.39, 0.29) is 5.69 Å². The topological polar surface area (TPSA) is 84.6 Å². The van der Waals surface area contributed by atoms with Crippen molar-refractivity contribution < 1.29 is 9.72 Å². The molecule has 0 radical (unpaired) electrons. The first kappa shape index (κ1) is 15.8. The second kappa shape index (κ2) is 6.95. The Morgan fingerprint density at radius 1 is 1.09 bits per heavy atom. The molecule has 1 amide bonds. The number of carbonyl (C=O) groups is 1. The van der Waals surface area contributed by atoms with Gasteiger partial charge in [0.05, 0.1) is 10.6 Å². The van der Waals surface area contributed by atoms with E-state index in [2.05, 4.69) is 26.5 Å². The summed E-state index contributed by atoms with van der Waals surface area (Å²) in [5.74, 6) is -0.425. The number of amides is 1. The Bertz CT molecular complexity index is 725. The highest BCUT2D eigenvalue weighted by Gasteiger charge is 2.09. The molecule has 0 saturated carbocycles. The van der Waals surface area contributed by atoms with E-state index < -0.39 is 10.8 Å². The SMILES string of the molecule is C/C(=N/NC(=O)c1ccc([N+](=O)[O-])cc1)c1ccc(Br)cc1. The first-order chi connectivity index (χ1) is 10.5. The van der Waals surface area contributed by atoms with Crippen molar-refractivity contribution in [2.45, 2.75) is 6.92 Å². The van der Waals surface area contributed by atoms with Gasteiger partial charge in [0.25, 0.3) is 11.6 Å². The quantitative estimate of drug-likeness (QED) is 0.513. The Morgan fingerprint density at radius 3 is 2.18 bits per heavy atom. The van der Waals surface area contributed by atoms with E-state index in [0.29, 0.717) is 11.3 Å². The molecule has 0 heterocycles. The van der Waals surface area contributed by atoms with E-state index in [1.165, 1.54) is 24.3 Å². The van der Waals surface area contributed by atoms with Gasteiger partial charge >= 0.3 is 0 Å². The summed E-state index contributed by atoms with van der Waals surface area (Å²) in [7, 11) is 0. The zero-order valence-corrected chi connectivity index (χ0v) is 13.2. The molecule has 0 saturated heterocycles. The number of rotatable bonds is 4. The van der Waals surface area contributed by atoms with Crippen molar-refractivity contribution in [1.82, 2.24) is 5.43 Å². The van der Waals surface area contributed by atoms with Crippen molar-refractivity contribution in [3.63, 3.8) is 0 Å². The van der Waals surface area contributed by atoms with E-state index in [9.17, 15) is 14.9 Å². The van der Waals surface area contributed by atoms with E-state index in [4.69, 9.17) is 0 Å². The van der Waals surface area contributed by atoms with Crippen LogP contribution < -0.4 is 5.43 Å². The molecule has 0 aromatic heterocycles. The Balaban J connectivity index is 2.06. The second-order valence-electron chi connectivity index (χ2n) is 4.45. The fourth-order valence-corrected chi connectivity index (χ4v) is 1.95. The Hall–Kier alpha value is -2.54. The lowest BCUT2D eigenvalue weighted by molar-refractivity contribution is -0.384. The number of halogens is 1. The highest BCUT2D eigenvalue weighted by molar-refractivity contribution is 9.10. The van der Waals surface area contributed by atoms with Crippen LogP contribution in [-0.2, 0) is 0 Å². The maximum atomic E-state index is 11.9. The first-order valence-corrected chi connectivity index (χ1v) is 7.11. The van der Waals surface area contributed by atoms with Crippen molar-refractivity contribution in [1.29, 1.82) is 0 Å². The van der Waals surface area contributed by atoms with Gasteiger partial charge in [-0.2, -0.15) is 5.10 Å². The molecule has 0 aliphatic carbocycles. The minimum Gasteiger partial charge on any atom is -0.267 e. The molecule has 2 rings (SSSR count). The number of nitro benzene ring substituents is 1. The van der Waals surface area contributed by atoms with Gasteiger partial charge < -0.3 is 0 Å². The fourth-order valence-electron chi connectivity index (χ4n) is 1.69. The molecule has 112 valence electrons. The average Bonchev–Trinajstić information content (AvgIpc) is 2.53. The molecule has 0 spiro atoms. The molecule has 0 aliphatic rings. The Kier molecular flexibility index (Phi) is 5.00. The molecule has 0 unspecified atom stereocenters. The van der Waals surface area contributed by atoms with Gasteiger partial charge in [-0.3, -0.25) is 14.9 Å². The number of hydrogen-bond donors (Lipinski definition) is 1. The third-order valence-corrected chi connectivity index (χ3v) is 3.46.